The van der Waals surface area contributed by atoms with Crippen molar-refractivity contribution in [2.45, 2.75) is 44.9 Å². The Hall–Kier alpha value is -1.60. The zero-order valence-corrected chi connectivity index (χ0v) is 13.5. The van der Waals surface area contributed by atoms with Crippen molar-refractivity contribution in [1.82, 2.24) is 4.90 Å². The third kappa shape index (κ3) is 3.41. The highest BCUT2D eigenvalue weighted by atomic mass is 16.6. The van der Waals surface area contributed by atoms with Crippen LogP contribution in [0.4, 0.5) is 4.79 Å². The lowest BCUT2D eigenvalue weighted by atomic mass is 9.76. The number of hydrogen-bond acceptors (Lipinski definition) is 6. The number of aliphatic hydroxyl groups is 2. The van der Waals surface area contributed by atoms with Gasteiger partial charge < -0.3 is 19.7 Å². The molecule has 1 amide bonds. The minimum Gasteiger partial charge on any atom is -0.467 e. The van der Waals surface area contributed by atoms with Gasteiger partial charge in [-0.3, -0.25) is 4.90 Å². The van der Waals surface area contributed by atoms with Crippen LogP contribution >= 0.6 is 0 Å². The lowest BCUT2D eigenvalue weighted by molar-refractivity contribution is -0.152. The number of carbonyl (C=O) groups excluding carboxylic acids is 2. The van der Waals surface area contributed by atoms with Crippen molar-refractivity contribution < 1.29 is 29.3 Å². The first kappa shape index (κ1) is 18.4. The number of esters is 1. The van der Waals surface area contributed by atoms with Crippen LogP contribution in [0, 0.1) is 5.41 Å². The van der Waals surface area contributed by atoms with Gasteiger partial charge in [0.15, 0.2) is 0 Å². The smallest absolute Gasteiger partial charge is 0.411 e. The highest BCUT2D eigenvalue weighted by molar-refractivity contribution is 5.83. The normalized spacial score (nSPS) is 28.4. The first-order chi connectivity index (χ1) is 10.1. The molecule has 0 aromatic carbocycles. The summed E-state index contributed by atoms with van der Waals surface area (Å²) in [4.78, 5) is 25.6. The predicted octanol–water partition coefficient (Wildman–Crippen LogP) is 0.694. The molecule has 126 valence electrons. The predicted molar refractivity (Wildman–Crippen MR) is 79.1 cm³/mol. The van der Waals surface area contributed by atoms with Crippen molar-refractivity contribution in [3.8, 4) is 0 Å². The maximum Gasteiger partial charge on any atom is 0.411 e. The Morgan fingerprint density at radius 3 is 2.45 bits per heavy atom. The maximum atomic E-state index is 12.3. The molecule has 0 aromatic heterocycles. The highest BCUT2D eigenvalue weighted by Crippen LogP contribution is 2.41. The van der Waals surface area contributed by atoms with Crippen molar-refractivity contribution in [2.24, 2.45) is 5.41 Å². The van der Waals surface area contributed by atoms with E-state index in [1.807, 2.05) is 0 Å². The van der Waals surface area contributed by atoms with Gasteiger partial charge in [0.2, 0.25) is 0 Å². The molecular weight excluding hydrogens is 290 g/mol. The average molecular weight is 315 g/mol. The van der Waals surface area contributed by atoms with Gasteiger partial charge in [0.05, 0.1) is 31.8 Å². The third-order valence-corrected chi connectivity index (χ3v) is 3.76. The first-order valence-corrected chi connectivity index (χ1v) is 7.10. The standard InChI is InChI=1S/C15H25NO6/c1-6-7-15(9-17)10(18)8-16(11(15)12(19)21-5)13(20)22-14(2,3)4/h6,10-11,17-18H,1,7-9H2,2-5H3/t10-,11-,15+/m1/s1. The van der Waals surface area contributed by atoms with E-state index in [1.165, 1.54) is 13.2 Å². The van der Waals surface area contributed by atoms with Crippen LogP contribution in [0.2, 0.25) is 0 Å². The second-order valence-corrected chi connectivity index (χ2v) is 6.46. The SMILES string of the molecule is C=CC[C@]1(CO)[C@H](O)CN(C(=O)OC(C)(C)C)[C@@H]1C(=O)OC. The van der Waals surface area contributed by atoms with Crippen LogP contribution in [0.1, 0.15) is 27.2 Å². The lowest BCUT2D eigenvalue weighted by Crippen LogP contribution is -2.52. The van der Waals surface area contributed by atoms with Gasteiger partial charge in [-0.2, -0.15) is 0 Å². The number of aliphatic hydroxyl groups excluding tert-OH is 2. The second kappa shape index (κ2) is 6.66. The molecule has 0 unspecified atom stereocenters. The van der Waals surface area contributed by atoms with Crippen LogP contribution in [-0.2, 0) is 14.3 Å². The van der Waals surface area contributed by atoms with E-state index in [2.05, 4.69) is 6.58 Å². The van der Waals surface area contributed by atoms with Crippen molar-refractivity contribution in [1.29, 1.82) is 0 Å². The number of methoxy groups -OCH3 is 1. The number of allylic oxidation sites excluding steroid dienone is 1. The Kier molecular flexibility index (Phi) is 5.59. The molecule has 7 nitrogen and oxygen atoms in total. The van der Waals surface area contributed by atoms with Gasteiger partial charge >= 0.3 is 12.1 Å². The number of amides is 1. The highest BCUT2D eigenvalue weighted by Gasteiger charge is 2.59. The molecule has 0 spiro atoms. The molecule has 1 aliphatic heterocycles. The number of nitrogens with zero attached hydrogens (tertiary/aromatic N) is 1. The number of likely N-dealkylation sites (tertiary alicyclic amines) is 1. The summed E-state index contributed by atoms with van der Waals surface area (Å²) in [5, 5.41) is 20.1. The fourth-order valence-electron chi connectivity index (χ4n) is 2.71. The maximum absolute atomic E-state index is 12.3. The molecule has 0 radical (unpaired) electrons. The van der Waals surface area contributed by atoms with E-state index >= 15 is 0 Å². The van der Waals surface area contributed by atoms with Crippen molar-refractivity contribution >= 4 is 12.1 Å². The van der Waals surface area contributed by atoms with E-state index in [0.717, 1.165) is 4.90 Å². The summed E-state index contributed by atoms with van der Waals surface area (Å²) >= 11 is 0. The molecule has 2 N–H and O–H groups in total. The summed E-state index contributed by atoms with van der Waals surface area (Å²) in [6.07, 6.45) is -0.175. The van der Waals surface area contributed by atoms with E-state index in [4.69, 9.17) is 9.47 Å². The number of carbonyl (C=O) groups is 2. The molecule has 0 aromatic rings. The summed E-state index contributed by atoms with van der Waals surface area (Å²) in [7, 11) is 1.19. The Labute approximate surface area is 130 Å². The van der Waals surface area contributed by atoms with Crippen LogP contribution in [0.15, 0.2) is 12.7 Å². The lowest BCUT2D eigenvalue weighted by Gasteiger charge is -2.35. The largest absolute Gasteiger partial charge is 0.467 e. The van der Waals surface area contributed by atoms with Crippen molar-refractivity contribution in [3.63, 3.8) is 0 Å². The summed E-state index contributed by atoms with van der Waals surface area (Å²) in [5.74, 6) is -0.710. The summed E-state index contributed by atoms with van der Waals surface area (Å²) in [6.45, 7) is 8.09. The second-order valence-electron chi connectivity index (χ2n) is 6.46. The zero-order valence-electron chi connectivity index (χ0n) is 13.5. The van der Waals surface area contributed by atoms with Gasteiger partial charge in [0.1, 0.15) is 11.6 Å². The zero-order chi connectivity index (χ0) is 17.1. The van der Waals surface area contributed by atoms with E-state index in [9.17, 15) is 19.8 Å². The van der Waals surface area contributed by atoms with Crippen LogP contribution in [0.3, 0.4) is 0 Å². The molecule has 1 fully saturated rings. The summed E-state index contributed by atoms with van der Waals surface area (Å²) in [5.41, 5.74) is -1.99. The molecule has 7 heteroatoms. The first-order valence-electron chi connectivity index (χ1n) is 7.10. The van der Waals surface area contributed by atoms with E-state index < -0.39 is 41.8 Å². The Morgan fingerprint density at radius 1 is 1.45 bits per heavy atom. The molecule has 1 saturated heterocycles. The number of β-amino-alcohol motifs (C(OH)–C–C–N with tert-alkyl or cyclic N) is 1. The molecule has 1 heterocycles. The molecule has 1 rings (SSSR count). The Morgan fingerprint density at radius 2 is 2.05 bits per heavy atom. The number of hydrogen-bond donors (Lipinski definition) is 2. The van der Waals surface area contributed by atoms with E-state index in [-0.39, 0.29) is 13.0 Å². The fourth-order valence-corrected chi connectivity index (χ4v) is 2.71. The summed E-state index contributed by atoms with van der Waals surface area (Å²) in [6, 6.07) is -1.13. The van der Waals surface area contributed by atoms with Crippen LogP contribution in [0.25, 0.3) is 0 Å². The molecule has 0 bridgehead atoms. The van der Waals surface area contributed by atoms with Crippen molar-refractivity contribution in [3.05, 3.63) is 12.7 Å². The minimum absolute atomic E-state index is 0.122. The number of ether oxygens (including phenoxy) is 2. The van der Waals surface area contributed by atoms with E-state index in [1.54, 1.807) is 20.8 Å². The molecule has 22 heavy (non-hydrogen) atoms. The Bertz CT molecular complexity index is 444. The average Bonchev–Trinajstić information content (AvgIpc) is 2.70. The number of rotatable bonds is 4. The van der Waals surface area contributed by atoms with E-state index in [0.29, 0.717) is 0 Å². The van der Waals surface area contributed by atoms with Crippen LogP contribution in [-0.4, -0.2) is 65.2 Å². The van der Waals surface area contributed by atoms with Gasteiger partial charge in [-0.15, -0.1) is 6.58 Å². The summed E-state index contributed by atoms with van der Waals surface area (Å²) < 4.78 is 10.0. The molecule has 3 atom stereocenters. The fraction of sp³-hybridized carbons (Fsp3) is 0.733. The van der Waals surface area contributed by atoms with Crippen LogP contribution in [0.5, 0.6) is 0 Å². The van der Waals surface area contributed by atoms with Gasteiger partial charge in [0.25, 0.3) is 0 Å². The van der Waals surface area contributed by atoms with Gasteiger partial charge in [-0.25, -0.2) is 9.59 Å². The Balaban J connectivity index is 3.20. The van der Waals surface area contributed by atoms with Gasteiger partial charge in [-0.1, -0.05) is 6.08 Å². The van der Waals surface area contributed by atoms with Gasteiger partial charge in [-0.05, 0) is 27.2 Å². The molecule has 0 aliphatic carbocycles. The quantitative estimate of drug-likeness (QED) is 0.585. The molecular formula is C15H25NO6. The monoisotopic (exact) mass is 315 g/mol. The van der Waals surface area contributed by atoms with Gasteiger partial charge in [0, 0.05) is 0 Å². The third-order valence-electron chi connectivity index (χ3n) is 3.76. The van der Waals surface area contributed by atoms with Crippen LogP contribution < -0.4 is 0 Å². The minimum atomic E-state index is -1.24. The van der Waals surface area contributed by atoms with Crippen molar-refractivity contribution in [2.75, 3.05) is 20.3 Å². The molecule has 0 saturated carbocycles. The topological polar surface area (TPSA) is 96.3 Å². The molecule has 1 aliphatic rings.